The number of carbonyl (C=O) groups is 1. The molecule has 0 atom stereocenters. The molecule has 1 heterocycles. The van der Waals surface area contributed by atoms with Gasteiger partial charge in [-0.25, -0.2) is 9.18 Å². The van der Waals surface area contributed by atoms with Gasteiger partial charge >= 0.3 is 5.97 Å². The predicted octanol–water partition coefficient (Wildman–Crippen LogP) is 4.31. The fraction of sp³-hybridized carbons (Fsp3) is 0.333. The number of hydrogen-bond acceptors (Lipinski definition) is 4. The summed E-state index contributed by atoms with van der Waals surface area (Å²) in [6.07, 6.45) is 2.52. The minimum atomic E-state index is -0.742. The number of nitrogens with zero attached hydrogens (tertiary/aromatic N) is 2. The fourth-order valence-corrected chi connectivity index (χ4v) is 2.86. The van der Waals surface area contributed by atoms with E-state index in [-0.39, 0.29) is 17.9 Å². The molecule has 2 rings (SSSR count). The number of ether oxygens (including phenoxy) is 2. The van der Waals surface area contributed by atoms with Crippen LogP contribution in [0.1, 0.15) is 35.9 Å². The number of nitriles is 1. The lowest BCUT2D eigenvalue weighted by Crippen LogP contribution is -2.07. The molecule has 0 saturated carbocycles. The molecule has 0 bridgehead atoms. The molecule has 0 unspecified atom stereocenters. The van der Waals surface area contributed by atoms with E-state index in [0.29, 0.717) is 5.56 Å². The lowest BCUT2D eigenvalue weighted by atomic mass is 10.1. The van der Waals surface area contributed by atoms with Crippen LogP contribution in [0.2, 0.25) is 0 Å². The average molecular weight is 370 g/mol. The molecule has 2 aromatic rings. The van der Waals surface area contributed by atoms with Crippen molar-refractivity contribution >= 4 is 12.0 Å². The first-order valence-corrected chi connectivity index (χ1v) is 8.69. The minimum Gasteiger partial charge on any atom is -0.494 e. The van der Waals surface area contributed by atoms with Gasteiger partial charge in [-0.2, -0.15) is 5.26 Å². The molecule has 6 heteroatoms. The lowest BCUT2D eigenvalue weighted by molar-refractivity contribution is -0.139. The summed E-state index contributed by atoms with van der Waals surface area (Å²) >= 11 is 0. The number of methoxy groups -OCH3 is 1. The van der Waals surface area contributed by atoms with Gasteiger partial charge in [0.05, 0.1) is 7.11 Å². The summed E-state index contributed by atoms with van der Waals surface area (Å²) < 4.78 is 25.9. The van der Waals surface area contributed by atoms with Crippen molar-refractivity contribution in [3.8, 4) is 11.8 Å². The van der Waals surface area contributed by atoms with Crippen LogP contribution in [0.3, 0.4) is 0 Å². The summed E-state index contributed by atoms with van der Waals surface area (Å²) in [6, 6.07) is 8.12. The first-order valence-electron chi connectivity index (χ1n) is 8.69. The second-order valence-electron chi connectivity index (χ2n) is 6.19. The maximum atomic E-state index is 13.7. The third kappa shape index (κ3) is 4.76. The summed E-state index contributed by atoms with van der Waals surface area (Å²) in [5, 5.41) is 9.34. The van der Waals surface area contributed by atoms with Crippen LogP contribution in [-0.4, -0.2) is 17.6 Å². The first kappa shape index (κ1) is 20.2. The van der Waals surface area contributed by atoms with Gasteiger partial charge in [-0.3, -0.25) is 0 Å². The van der Waals surface area contributed by atoms with Gasteiger partial charge in [0.2, 0.25) is 0 Å². The molecule has 27 heavy (non-hydrogen) atoms. The van der Waals surface area contributed by atoms with Crippen LogP contribution in [0.25, 0.3) is 6.08 Å². The summed E-state index contributed by atoms with van der Waals surface area (Å²) in [5.74, 6) is -1.16. The molecule has 0 aliphatic carbocycles. The van der Waals surface area contributed by atoms with Gasteiger partial charge in [0, 0.05) is 17.9 Å². The Bertz CT molecular complexity index is 907. The van der Waals surface area contributed by atoms with Crippen molar-refractivity contribution < 1.29 is 18.7 Å². The van der Waals surface area contributed by atoms with Crippen molar-refractivity contribution in [2.75, 3.05) is 7.11 Å². The van der Waals surface area contributed by atoms with Crippen molar-refractivity contribution in [2.24, 2.45) is 0 Å². The van der Waals surface area contributed by atoms with Gasteiger partial charge in [0.15, 0.2) is 11.6 Å². The van der Waals surface area contributed by atoms with Crippen molar-refractivity contribution in [3.63, 3.8) is 0 Å². The highest BCUT2D eigenvalue weighted by Gasteiger charge is 2.14. The standard InChI is InChI=1S/C21H23FN2O3/c1-5-8-24-14(2)9-17(15(24)3)11-18(12-23)21(25)27-13-16-6-7-20(26-4)19(22)10-16/h6-7,9-11H,5,8,13H2,1-4H3/b18-11+. The Morgan fingerprint density at radius 3 is 2.67 bits per heavy atom. The quantitative estimate of drug-likeness (QED) is 0.414. The Balaban J connectivity index is 2.14. The topological polar surface area (TPSA) is 64.2 Å². The molecule has 0 radical (unpaired) electrons. The highest BCUT2D eigenvalue weighted by Crippen LogP contribution is 2.20. The van der Waals surface area contributed by atoms with Gasteiger partial charge in [-0.1, -0.05) is 13.0 Å². The van der Waals surface area contributed by atoms with Gasteiger partial charge in [0.1, 0.15) is 18.2 Å². The van der Waals surface area contributed by atoms with E-state index in [9.17, 15) is 14.4 Å². The first-order chi connectivity index (χ1) is 12.9. The monoisotopic (exact) mass is 370 g/mol. The van der Waals surface area contributed by atoms with Crippen LogP contribution < -0.4 is 4.74 Å². The highest BCUT2D eigenvalue weighted by molar-refractivity contribution is 5.98. The van der Waals surface area contributed by atoms with Crippen LogP contribution in [0.5, 0.6) is 5.75 Å². The molecule has 0 N–H and O–H groups in total. The van der Waals surface area contributed by atoms with E-state index in [1.54, 1.807) is 6.07 Å². The zero-order valence-electron chi connectivity index (χ0n) is 16.0. The molecular formula is C21H23FN2O3. The molecule has 0 spiro atoms. The second-order valence-corrected chi connectivity index (χ2v) is 6.19. The Morgan fingerprint density at radius 2 is 2.07 bits per heavy atom. The third-order valence-electron chi connectivity index (χ3n) is 4.29. The maximum Gasteiger partial charge on any atom is 0.349 e. The van der Waals surface area contributed by atoms with E-state index in [1.165, 1.54) is 25.3 Å². The van der Waals surface area contributed by atoms with E-state index in [1.807, 2.05) is 26.0 Å². The number of hydrogen-bond donors (Lipinski definition) is 0. The fourth-order valence-electron chi connectivity index (χ4n) is 2.86. The van der Waals surface area contributed by atoms with Crippen molar-refractivity contribution in [3.05, 3.63) is 58.2 Å². The number of rotatable bonds is 7. The Kier molecular flexibility index (Phi) is 6.78. The number of aryl methyl sites for hydroxylation is 1. The van der Waals surface area contributed by atoms with Crippen molar-refractivity contribution in [1.29, 1.82) is 5.26 Å². The molecule has 0 fully saturated rings. The minimum absolute atomic E-state index is 0.0965. The van der Waals surface area contributed by atoms with Crippen LogP contribution in [0, 0.1) is 31.0 Å². The molecule has 0 aliphatic rings. The number of esters is 1. The third-order valence-corrected chi connectivity index (χ3v) is 4.29. The Labute approximate surface area is 158 Å². The SMILES string of the molecule is CCCn1c(C)cc(/C=C(\C#N)C(=O)OCc2ccc(OC)c(F)c2)c1C. The lowest BCUT2D eigenvalue weighted by Gasteiger charge is -2.07. The summed E-state index contributed by atoms with van der Waals surface area (Å²) in [6.45, 7) is 6.78. The van der Waals surface area contributed by atoms with E-state index in [2.05, 4.69) is 11.5 Å². The molecule has 5 nitrogen and oxygen atoms in total. The molecule has 0 saturated heterocycles. The molecule has 142 valence electrons. The molecule has 0 aliphatic heterocycles. The number of halogens is 1. The summed E-state index contributed by atoms with van der Waals surface area (Å²) in [7, 11) is 1.37. The number of benzene rings is 1. The normalized spacial score (nSPS) is 11.2. The smallest absolute Gasteiger partial charge is 0.349 e. The van der Waals surface area contributed by atoms with Gasteiger partial charge < -0.3 is 14.0 Å². The number of aromatic nitrogens is 1. The van der Waals surface area contributed by atoms with Crippen LogP contribution in [-0.2, 0) is 22.7 Å². The van der Waals surface area contributed by atoms with Crippen molar-refractivity contribution in [2.45, 2.75) is 40.3 Å². The summed E-state index contributed by atoms with van der Waals surface area (Å²) in [4.78, 5) is 12.3. The highest BCUT2D eigenvalue weighted by atomic mass is 19.1. The van der Waals surface area contributed by atoms with Crippen LogP contribution in [0.4, 0.5) is 4.39 Å². The molecular weight excluding hydrogens is 347 g/mol. The molecule has 0 amide bonds. The second kappa shape index (κ2) is 9.04. The number of carbonyl (C=O) groups excluding carboxylic acids is 1. The average Bonchev–Trinajstić information content (AvgIpc) is 2.92. The van der Waals surface area contributed by atoms with Crippen LogP contribution in [0.15, 0.2) is 29.8 Å². The zero-order chi connectivity index (χ0) is 20.0. The maximum absolute atomic E-state index is 13.7. The van der Waals surface area contributed by atoms with E-state index >= 15 is 0 Å². The Hall–Kier alpha value is -3.07. The van der Waals surface area contributed by atoms with Gasteiger partial charge in [-0.05, 0) is 55.7 Å². The van der Waals surface area contributed by atoms with Crippen LogP contribution >= 0.6 is 0 Å². The van der Waals surface area contributed by atoms with Gasteiger partial charge in [0.25, 0.3) is 0 Å². The largest absolute Gasteiger partial charge is 0.494 e. The van der Waals surface area contributed by atoms with E-state index < -0.39 is 11.8 Å². The van der Waals surface area contributed by atoms with E-state index in [0.717, 1.165) is 29.9 Å². The van der Waals surface area contributed by atoms with Gasteiger partial charge in [-0.15, -0.1) is 0 Å². The zero-order valence-corrected chi connectivity index (χ0v) is 16.0. The molecule has 1 aromatic carbocycles. The predicted molar refractivity (Wildman–Crippen MR) is 101 cm³/mol. The Morgan fingerprint density at radius 1 is 1.33 bits per heavy atom. The molecule has 1 aromatic heterocycles. The summed E-state index contributed by atoms with van der Waals surface area (Å²) in [5.41, 5.74) is 3.25. The van der Waals surface area contributed by atoms with E-state index in [4.69, 9.17) is 9.47 Å². The van der Waals surface area contributed by atoms with Crippen molar-refractivity contribution in [1.82, 2.24) is 4.57 Å².